The zero-order valence-corrected chi connectivity index (χ0v) is 11.4. The van der Waals surface area contributed by atoms with Crippen molar-refractivity contribution in [3.8, 4) is 0 Å². The maximum Gasteiger partial charge on any atom is 0.150 e. The number of carbonyl (C=O) groups is 1. The molecule has 0 aliphatic carbocycles. The normalized spacial score (nSPS) is 11.4. The third-order valence-corrected chi connectivity index (χ3v) is 3.12. The van der Waals surface area contributed by atoms with E-state index in [9.17, 15) is 4.79 Å². The molecule has 1 rings (SSSR count). The highest BCUT2D eigenvalue weighted by atomic mass is 16.1. The summed E-state index contributed by atoms with van der Waals surface area (Å²) >= 11 is 0. The van der Waals surface area contributed by atoms with Crippen LogP contribution in [-0.2, 0) is 11.2 Å². The van der Waals surface area contributed by atoms with Gasteiger partial charge >= 0.3 is 0 Å². The van der Waals surface area contributed by atoms with Crippen LogP contribution in [0.1, 0.15) is 29.2 Å². The van der Waals surface area contributed by atoms with E-state index in [0.29, 0.717) is 5.57 Å². The van der Waals surface area contributed by atoms with Gasteiger partial charge in [-0.2, -0.15) is 0 Å². The van der Waals surface area contributed by atoms with Crippen molar-refractivity contribution >= 4 is 19.7 Å². The molecule has 92 valence electrons. The predicted molar refractivity (Wildman–Crippen MR) is 79.0 cm³/mol. The van der Waals surface area contributed by atoms with Crippen molar-refractivity contribution in [3.63, 3.8) is 0 Å². The second kappa shape index (κ2) is 6.39. The largest absolute Gasteiger partial charge is 0.295 e. The summed E-state index contributed by atoms with van der Waals surface area (Å²) in [5.74, 6) is -0.0159. The molecule has 2 heteroatoms. The summed E-state index contributed by atoms with van der Waals surface area (Å²) in [6, 6.07) is 4.27. The number of carbonyl (C=O) groups excluding carboxylic acids is 1. The fourth-order valence-corrected chi connectivity index (χ4v) is 1.84. The Morgan fingerprint density at radius 1 is 1.33 bits per heavy atom. The third-order valence-electron chi connectivity index (χ3n) is 3.12. The van der Waals surface area contributed by atoms with Crippen LogP contribution in [0.3, 0.4) is 0 Å². The fraction of sp³-hybridized carbons (Fsp3) is 0.312. The van der Waals surface area contributed by atoms with Gasteiger partial charge in [-0.3, -0.25) is 4.79 Å². The van der Waals surface area contributed by atoms with Crippen LogP contribution in [-0.4, -0.2) is 13.6 Å². The molecule has 0 amide bonds. The second-order valence-corrected chi connectivity index (χ2v) is 4.58. The zero-order valence-electron chi connectivity index (χ0n) is 11.4. The van der Waals surface area contributed by atoms with E-state index in [-0.39, 0.29) is 12.1 Å². The van der Waals surface area contributed by atoms with Gasteiger partial charge in [0.1, 0.15) is 5.78 Å². The summed E-state index contributed by atoms with van der Waals surface area (Å²) < 4.78 is 0. The number of allylic oxidation sites excluding steroid dienone is 2. The maximum atomic E-state index is 11.5. The van der Waals surface area contributed by atoms with Crippen LogP contribution in [0.15, 0.2) is 30.4 Å². The number of hydrogen-bond donors (Lipinski definition) is 0. The van der Waals surface area contributed by atoms with Gasteiger partial charge in [0, 0.05) is 0 Å². The minimum Gasteiger partial charge on any atom is -0.295 e. The quantitative estimate of drug-likeness (QED) is 0.435. The Hall–Kier alpha value is -1.57. The van der Waals surface area contributed by atoms with Crippen molar-refractivity contribution in [2.24, 2.45) is 0 Å². The first kappa shape index (κ1) is 14.5. The van der Waals surface area contributed by atoms with Gasteiger partial charge in [0.25, 0.3) is 0 Å². The van der Waals surface area contributed by atoms with E-state index in [1.165, 1.54) is 16.7 Å². The molecule has 0 saturated carbocycles. The summed E-state index contributed by atoms with van der Waals surface area (Å²) in [6.07, 6.45) is 4.66. The molecule has 2 radical (unpaired) electrons. The van der Waals surface area contributed by atoms with E-state index >= 15 is 0 Å². The van der Waals surface area contributed by atoms with Gasteiger partial charge in [0.15, 0.2) is 0 Å². The van der Waals surface area contributed by atoms with Gasteiger partial charge in [-0.05, 0) is 67.4 Å². The molecule has 18 heavy (non-hydrogen) atoms. The van der Waals surface area contributed by atoms with E-state index in [0.717, 1.165) is 12.0 Å². The molecule has 0 saturated heterocycles. The second-order valence-electron chi connectivity index (χ2n) is 4.58. The Kier molecular flexibility index (Phi) is 5.15. The molecule has 0 heterocycles. The Labute approximate surface area is 111 Å². The minimum atomic E-state index is -0.0159. The van der Waals surface area contributed by atoms with E-state index in [1.54, 1.807) is 0 Å². The number of ketones is 1. The van der Waals surface area contributed by atoms with Crippen molar-refractivity contribution in [1.29, 1.82) is 0 Å². The van der Waals surface area contributed by atoms with Gasteiger partial charge in [0.2, 0.25) is 0 Å². The molecule has 0 atom stereocenters. The summed E-state index contributed by atoms with van der Waals surface area (Å²) in [5, 5.41) is 0. The minimum absolute atomic E-state index is 0.0159. The molecule has 0 aliphatic rings. The molecule has 1 nitrogen and oxygen atoms in total. The van der Waals surface area contributed by atoms with Gasteiger partial charge < -0.3 is 0 Å². The lowest BCUT2D eigenvalue weighted by Gasteiger charge is -2.09. The van der Waals surface area contributed by atoms with Crippen molar-refractivity contribution in [1.82, 2.24) is 0 Å². The molecule has 0 aliphatic heterocycles. The Morgan fingerprint density at radius 3 is 2.50 bits per heavy atom. The number of benzene rings is 1. The monoisotopic (exact) mass is 238 g/mol. The van der Waals surface area contributed by atoms with Crippen LogP contribution < -0.4 is 0 Å². The first-order chi connectivity index (χ1) is 8.49. The molecular formula is C16H19BO. The lowest BCUT2D eigenvalue weighted by Crippen LogP contribution is -1.99. The molecular weight excluding hydrogens is 219 g/mol. The number of hydrogen-bond acceptors (Lipinski definition) is 1. The van der Waals surface area contributed by atoms with Crippen molar-refractivity contribution in [2.45, 2.75) is 33.5 Å². The van der Waals surface area contributed by atoms with Crippen molar-refractivity contribution in [3.05, 3.63) is 52.6 Å². The standard InChI is InChI=1S/C16H19BO/c1-5-6-14-7-11(2)12(3)8-15(14)9-13(4)16(18)10-17/h5,7-9H,1,6,10H2,2-4H3/b13-9+. The highest BCUT2D eigenvalue weighted by molar-refractivity contribution is 6.24. The van der Waals surface area contributed by atoms with Crippen LogP contribution in [0, 0.1) is 13.8 Å². The van der Waals surface area contributed by atoms with Crippen LogP contribution in [0.2, 0.25) is 6.32 Å². The summed E-state index contributed by atoms with van der Waals surface area (Å²) in [5.41, 5.74) is 5.45. The average molecular weight is 238 g/mol. The van der Waals surface area contributed by atoms with E-state index < -0.39 is 0 Å². The van der Waals surface area contributed by atoms with Gasteiger partial charge in [-0.1, -0.05) is 18.2 Å². The first-order valence-electron chi connectivity index (χ1n) is 6.12. The summed E-state index contributed by atoms with van der Waals surface area (Å²) in [6.45, 7) is 9.74. The topological polar surface area (TPSA) is 17.1 Å². The summed E-state index contributed by atoms with van der Waals surface area (Å²) in [7, 11) is 5.37. The molecule has 0 aromatic heterocycles. The SMILES string of the molecule is [B]CC(=O)/C(C)=C/c1cc(C)c(C)cc1CC=C. The number of rotatable bonds is 5. The van der Waals surface area contributed by atoms with Crippen molar-refractivity contribution in [2.75, 3.05) is 0 Å². The van der Waals surface area contributed by atoms with E-state index in [4.69, 9.17) is 7.85 Å². The summed E-state index contributed by atoms with van der Waals surface area (Å²) in [4.78, 5) is 11.5. The van der Waals surface area contributed by atoms with Crippen LogP contribution >= 0.6 is 0 Å². The molecule has 0 bridgehead atoms. The van der Waals surface area contributed by atoms with Crippen LogP contribution in [0.5, 0.6) is 0 Å². The highest BCUT2D eigenvalue weighted by Gasteiger charge is 2.05. The molecule has 0 spiro atoms. The van der Waals surface area contributed by atoms with Crippen molar-refractivity contribution < 1.29 is 4.79 Å². The number of aryl methyl sites for hydroxylation is 2. The van der Waals surface area contributed by atoms with E-state index in [2.05, 4.69) is 32.6 Å². The lowest BCUT2D eigenvalue weighted by atomic mass is 9.92. The van der Waals surface area contributed by atoms with E-state index in [1.807, 2.05) is 19.1 Å². The smallest absolute Gasteiger partial charge is 0.150 e. The van der Waals surface area contributed by atoms with Crippen LogP contribution in [0.4, 0.5) is 0 Å². The molecule has 0 N–H and O–H groups in total. The predicted octanol–water partition coefficient (Wildman–Crippen LogP) is 3.59. The average Bonchev–Trinajstić information content (AvgIpc) is 2.34. The Morgan fingerprint density at radius 2 is 1.94 bits per heavy atom. The highest BCUT2D eigenvalue weighted by Crippen LogP contribution is 2.20. The third kappa shape index (κ3) is 3.46. The van der Waals surface area contributed by atoms with Crippen LogP contribution in [0.25, 0.3) is 6.08 Å². The lowest BCUT2D eigenvalue weighted by molar-refractivity contribution is -0.113. The molecule has 1 aromatic rings. The first-order valence-corrected chi connectivity index (χ1v) is 6.12. The van der Waals surface area contributed by atoms with Gasteiger partial charge in [0.05, 0.1) is 7.85 Å². The molecule has 0 unspecified atom stereocenters. The fourth-order valence-electron chi connectivity index (χ4n) is 1.84. The Bertz CT molecular complexity index is 498. The Balaban J connectivity index is 3.25. The number of Topliss-reactive ketones (excluding diaryl/α,β-unsaturated/α-hetero) is 1. The molecule has 0 fully saturated rings. The zero-order chi connectivity index (χ0) is 13.7. The van der Waals surface area contributed by atoms with Gasteiger partial charge in [-0.25, -0.2) is 0 Å². The van der Waals surface area contributed by atoms with Gasteiger partial charge in [-0.15, -0.1) is 6.58 Å². The maximum absolute atomic E-state index is 11.5. The molecule has 1 aromatic carbocycles.